The van der Waals surface area contributed by atoms with Crippen molar-refractivity contribution in [1.29, 1.82) is 0 Å². The summed E-state index contributed by atoms with van der Waals surface area (Å²) in [6, 6.07) is 2.60. The third kappa shape index (κ3) is 4.51. The number of benzene rings is 1. The summed E-state index contributed by atoms with van der Waals surface area (Å²) in [6.07, 6.45) is 2.14. The zero-order chi connectivity index (χ0) is 14.4. The van der Waals surface area contributed by atoms with Gasteiger partial charge >= 0.3 is 5.97 Å². The van der Waals surface area contributed by atoms with Crippen LogP contribution in [0.15, 0.2) is 28.3 Å². The molecule has 1 aromatic rings. The molecular formula is C13H13BrClFO3. The number of ether oxygens (including phenoxy) is 2. The molecule has 0 saturated heterocycles. The highest BCUT2D eigenvalue weighted by Gasteiger charge is 2.09. The summed E-state index contributed by atoms with van der Waals surface area (Å²) in [6.45, 7) is 1.97. The first kappa shape index (κ1) is 16.0. The number of carbonyl (C=O) groups excluding carboxylic acids is 1. The van der Waals surface area contributed by atoms with Crippen molar-refractivity contribution in [3.63, 3.8) is 0 Å². The molecule has 0 saturated carbocycles. The molecule has 0 atom stereocenters. The van der Waals surface area contributed by atoms with Gasteiger partial charge in [-0.15, -0.1) is 0 Å². The SMILES string of the molecule is CC/C(=C/COc1cc(F)c(Cl)cc1Br)C(=O)OC. The molecule has 0 aliphatic carbocycles. The van der Waals surface area contributed by atoms with E-state index < -0.39 is 11.8 Å². The average Bonchev–Trinajstić information content (AvgIpc) is 2.39. The molecule has 1 rings (SSSR count). The fraction of sp³-hybridized carbons (Fsp3) is 0.308. The van der Waals surface area contributed by atoms with E-state index in [2.05, 4.69) is 20.7 Å². The number of esters is 1. The molecule has 0 aliphatic heterocycles. The van der Waals surface area contributed by atoms with Crippen molar-refractivity contribution < 1.29 is 18.7 Å². The van der Waals surface area contributed by atoms with E-state index in [-0.39, 0.29) is 11.6 Å². The van der Waals surface area contributed by atoms with Gasteiger partial charge in [-0.25, -0.2) is 9.18 Å². The van der Waals surface area contributed by atoms with Gasteiger partial charge in [0.15, 0.2) is 0 Å². The topological polar surface area (TPSA) is 35.5 Å². The summed E-state index contributed by atoms with van der Waals surface area (Å²) in [7, 11) is 1.32. The van der Waals surface area contributed by atoms with Crippen LogP contribution in [0, 0.1) is 5.82 Å². The fourth-order valence-corrected chi connectivity index (χ4v) is 2.10. The van der Waals surface area contributed by atoms with Crippen molar-refractivity contribution in [3.05, 3.63) is 39.1 Å². The third-order valence-electron chi connectivity index (χ3n) is 2.37. The van der Waals surface area contributed by atoms with Crippen LogP contribution in [0.5, 0.6) is 5.75 Å². The van der Waals surface area contributed by atoms with Crippen molar-refractivity contribution in [2.45, 2.75) is 13.3 Å². The summed E-state index contributed by atoms with van der Waals surface area (Å²) >= 11 is 8.84. The van der Waals surface area contributed by atoms with E-state index in [1.165, 1.54) is 19.2 Å². The molecule has 6 heteroatoms. The highest BCUT2D eigenvalue weighted by atomic mass is 79.9. The van der Waals surface area contributed by atoms with Gasteiger partial charge in [-0.05, 0) is 34.5 Å². The molecule has 0 fully saturated rings. The van der Waals surface area contributed by atoms with Crippen LogP contribution < -0.4 is 4.74 Å². The smallest absolute Gasteiger partial charge is 0.333 e. The number of methoxy groups -OCH3 is 1. The monoisotopic (exact) mass is 350 g/mol. The van der Waals surface area contributed by atoms with Gasteiger partial charge in [-0.2, -0.15) is 0 Å². The predicted molar refractivity (Wildman–Crippen MR) is 75.0 cm³/mol. The number of hydrogen-bond donors (Lipinski definition) is 0. The Morgan fingerprint density at radius 3 is 2.79 bits per heavy atom. The lowest BCUT2D eigenvalue weighted by molar-refractivity contribution is -0.136. The first-order valence-corrected chi connectivity index (χ1v) is 6.71. The lowest BCUT2D eigenvalue weighted by Crippen LogP contribution is -2.06. The second kappa shape index (κ2) is 7.50. The fourth-order valence-electron chi connectivity index (χ4n) is 1.35. The van der Waals surface area contributed by atoms with Gasteiger partial charge in [-0.1, -0.05) is 18.5 Å². The quantitative estimate of drug-likeness (QED) is 0.454. The summed E-state index contributed by atoms with van der Waals surface area (Å²) < 4.78 is 23.8. The summed E-state index contributed by atoms with van der Waals surface area (Å²) in [5.74, 6) is -0.640. The lowest BCUT2D eigenvalue weighted by Gasteiger charge is -2.08. The van der Waals surface area contributed by atoms with Crippen molar-refractivity contribution >= 4 is 33.5 Å². The van der Waals surface area contributed by atoms with Crippen LogP contribution in [0.1, 0.15) is 13.3 Å². The number of halogens is 3. The van der Waals surface area contributed by atoms with Gasteiger partial charge in [0.05, 0.1) is 16.6 Å². The van der Waals surface area contributed by atoms with Gasteiger partial charge in [0.25, 0.3) is 0 Å². The second-order valence-corrected chi connectivity index (χ2v) is 4.84. The standard InChI is InChI=1S/C13H13BrClFO3/c1-3-8(13(17)18-2)4-5-19-12-7-11(16)10(15)6-9(12)14/h4,6-7H,3,5H2,1-2H3/b8-4-. The molecule has 0 unspecified atom stereocenters. The molecule has 0 spiro atoms. The largest absolute Gasteiger partial charge is 0.488 e. The maximum atomic E-state index is 13.3. The maximum Gasteiger partial charge on any atom is 0.333 e. The Morgan fingerprint density at radius 1 is 1.53 bits per heavy atom. The molecule has 0 N–H and O–H groups in total. The van der Waals surface area contributed by atoms with Crippen LogP contribution in [-0.4, -0.2) is 19.7 Å². The normalized spacial score (nSPS) is 11.3. The van der Waals surface area contributed by atoms with Crippen molar-refractivity contribution in [2.24, 2.45) is 0 Å². The van der Waals surface area contributed by atoms with Gasteiger partial charge in [-0.3, -0.25) is 0 Å². The molecular weight excluding hydrogens is 338 g/mol. The summed E-state index contributed by atoms with van der Waals surface area (Å²) in [4.78, 5) is 11.3. The van der Waals surface area contributed by atoms with E-state index in [0.29, 0.717) is 22.2 Å². The van der Waals surface area contributed by atoms with E-state index in [0.717, 1.165) is 0 Å². The molecule has 19 heavy (non-hydrogen) atoms. The van der Waals surface area contributed by atoms with E-state index >= 15 is 0 Å². The van der Waals surface area contributed by atoms with E-state index in [9.17, 15) is 9.18 Å². The minimum absolute atomic E-state index is 0.0126. The molecule has 1 aromatic carbocycles. The van der Waals surface area contributed by atoms with Crippen LogP contribution in [0.4, 0.5) is 4.39 Å². The van der Waals surface area contributed by atoms with Crippen molar-refractivity contribution in [3.8, 4) is 5.75 Å². The van der Waals surface area contributed by atoms with Gasteiger partial charge in [0.2, 0.25) is 0 Å². The van der Waals surface area contributed by atoms with Gasteiger partial charge in [0, 0.05) is 11.6 Å². The summed E-state index contributed by atoms with van der Waals surface area (Å²) in [5.41, 5.74) is 0.507. The molecule has 0 bridgehead atoms. The van der Waals surface area contributed by atoms with E-state index in [4.69, 9.17) is 16.3 Å². The zero-order valence-electron chi connectivity index (χ0n) is 10.5. The first-order chi connectivity index (χ1) is 8.99. The first-order valence-electron chi connectivity index (χ1n) is 5.54. The Morgan fingerprint density at radius 2 is 2.21 bits per heavy atom. The van der Waals surface area contributed by atoms with Gasteiger partial charge < -0.3 is 9.47 Å². The van der Waals surface area contributed by atoms with E-state index in [1.807, 2.05) is 6.92 Å². The van der Waals surface area contributed by atoms with Crippen LogP contribution in [0.2, 0.25) is 5.02 Å². The predicted octanol–water partition coefficient (Wildman–Crippen LogP) is 4.13. The molecule has 0 aliphatic rings. The number of hydrogen-bond acceptors (Lipinski definition) is 3. The molecule has 0 amide bonds. The van der Waals surface area contributed by atoms with Crippen molar-refractivity contribution in [2.75, 3.05) is 13.7 Å². The van der Waals surface area contributed by atoms with E-state index in [1.54, 1.807) is 6.08 Å². The Labute approximate surface area is 124 Å². The molecule has 0 heterocycles. The molecule has 104 valence electrons. The summed E-state index contributed by atoms with van der Waals surface area (Å²) in [5, 5.41) is 0.0126. The number of rotatable bonds is 5. The van der Waals surface area contributed by atoms with Gasteiger partial charge in [0.1, 0.15) is 18.2 Å². The highest BCUT2D eigenvalue weighted by molar-refractivity contribution is 9.10. The third-order valence-corrected chi connectivity index (χ3v) is 3.28. The average molecular weight is 352 g/mol. The lowest BCUT2D eigenvalue weighted by atomic mass is 10.2. The molecule has 3 nitrogen and oxygen atoms in total. The Bertz CT molecular complexity index is 503. The molecule has 0 aromatic heterocycles. The van der Waals surface area contributed by atoms with Crippen molar-refractivity contribution in [1.82, 2.24) is 0 Å². The second-order valence-electron chi connectivity index (χ2n) is 3.58. The van der Waals surface area contributed by atoms with Crippen LogP contribution in [0.3, 0.4) is 0 Å². The number of carbonyl (C=O) groups is 1. The maximum absolute atomic E-state index is 13.3. The van der Waals surface area contributed by atoms with Crippen LogP contribution in [0.25, 0.3) is 0 Å². The Hall–Kier alpha value is -1.07. The Kier molecular flexibility index (Phi) is 6.31. The minimum atomic E-state index is -0.562. The molecule has 0 radical (unpaired) electrons. The highest BCUT2D eigenvalue weighted by Crippen LogP contribution is 2.30. The Balaban J connectivity index is 2.74. The van der Waals surface area contributed by atoms with Crippen LogP contribution >= 0.6 is 27.5 Å². The van der Waals surface area contributed by atoms with Crippen LogP contribution in [-0.2, 0) is 9.53 Å². The minimum Gasteiger partial charge on any atom is -0.488 e. The zero-order valence-corrected chi connectivity index (χ0v) is 12.8.